The molecule has 0 unspecified atom stereocenters. The molecule has 0 atom stereocenters. The molecular weight excluding hydrogens is 474 g/mol. The van der Waals surface area contributed by atoms with Crippen LogP contribution in [0.3, 0.4) is 0 Å². The zero-order valence-corrected chi connectivity index (χ0v) is 20.6. The summed E-state index contributed by atoms with van der Waals surface area (Å²) in [5.74, 6) is 0.858. The molecule has 2 fully saturated rings. The van der Waals surface area contributed by atoms with Gasteiger partial charge in [-0.15, -0.1) is 0 Å². The first-order valence-corrected chi connectivity index (χ1v) is 12.3. The maximum Gasteiger partial charge on any atom is 0.255 e. The second kappa shape index (κ2) is 11.4. The van der Waals surface area contributed by atoms with Crippen molar-refractivity contribution in [1.82, 2.24) is 10.3 Å². The molecule has 9 heteroatoms. The SMILES string of the molecule is Cc1ccc(C(=O)NC2CC2)cc1NC(=O)c1ccc(OCc2ccc(OCC3OCCO3)cn2)cc1. The number of hydrogen-bond donors (Lipinski definition) is 2. The Morgan fingerprint density at radius 1 is 0.919 bits per heavy atom. The second-order valence-corrected chi connectivity index (χ2v) is 9.01. The standard InChI is InChI=1S/C28H29N3O6/c1-18-2-3-20(28(33)30-21-6-7-21)14-25(18)31-27(32)19-4-9-23(10-5-19)36-16-22-8-11-24(15-29-22)37-17-26-34-12-13-35-26/h2-5,8-11,14-15,21,26H,6-7,12-13,16-17H2,1H3,(H,30,33)(H,31,32). The number of carbonyl (C=O) groups excluding carboxylic acids is 2. The van der Waals surface area contributed by atoms with E-state index >= 15 is 0 Å². The Morgan fingerprint density at radius 3 is 2.35 bits per heavy atom. The van der Waals surface area contributed by atoms with Crippen molar-refractivity contribution in [2.24, 2.45) is 0 Å². The minimum Gasteiger partial charge on any atom is -0.487 e. The molecule has 5 rings (SSSR count). The number of nitrogens with zero attached hydrogens (tertiary/aromatic N) is 1. The number of benzene rings is 2. The largest absolute Gasteiger partial charge is 0.487 e. The van der Waals surface area contributed by atoms with Crippen molar-refractivity contribution in [2.75, 3.05) is 25.1 Å². The van der Waals surface area contributed by atoms with E-state index in [1.54, 1.807) is 42.6 Å². The number of anilines is 1. The summed E-state index contributed by atoms with van der Waals surface area (Å²) in [4.78, 5) is 29.5. The van der Waals surface area contributed by atoms with Crippen molar-refractivity contribution in [3.63, 3.8) is 0 Å². The van der Waals surface area contributed by atoms with E-state index in [1.165, 1.54) is 0 Å². The topological polar surface area (TPSA) is 108 Å². The van der Waals surface area contributed by atoms with Crippen LogP contribution in [0.2, 0.25) is 0 Å². The highest BCUT2D eigenvalue weighted by Crippen LogP contribution is 2.22. The first-order chi connectivity index (χ1) is 18.0. The van der Waals surface area contributed by atoms with Gasteiger partial charge in [0, 0.05) is 22.9 Å². The molecule has 0 spiro atoms. The van der Waals surface area contributed by atoms with Crippen molar-refractivity contribution in [2.45, 2.75) is 38.7 Å². The summed E-state index contributed by atoms with van der Waals surface area (Å²) in [7, 11) is 0. The van der Waals surface area contributed by atoms with Gasteiger partial charge in [0.1, 0.15) is 24.7 Å². The molecule has 2 amide bonds. The fourth-order valence-electron chi connectivity index (χ4n) is 3.70. The highest BCUT2D eigenvalue weighted by molar-refractivity contribution is 6.05. The molecule has 1 aliphatic heterocycles. The van der Waals surface area contributed by atoms with Gasteiger partial charge in [0.25, 0.3) is 11.8 Å². The molecule has 2 heterocycles. The number of aryl methyl sites for hydroxylation is 1. The summed E-state index contributed by atoms with van der Waals surface area (Å²) in [6, 6.07) is 16.1. The average Bonchev–Trinajstić information content (AvgIpc) is 3.58. The van der Waals surface area contributed by atoms with Crippen LogP contribution in [0, 0.1) is 6.92 Å². The van der Waals surface area contributed by atoms with Gasteiger partial charge < -0.3 is 29.6 Å². The summed E-state index contributed by atoms with van der Waals surface area (Å²) < 4.78 is 22.1. The molecule has 37 heavy (non-hydrogen) atoms. The second-order valence-electron chi connectivity index (χ2n) is 9.01. The average molecular weight is 504 g/mol. The third kappa shape index (κ3) is 6.84. The van der Waals surface area contributed by atoms with E-state index < -0.39 is 0 Å². The van der Waals surface area contributed by atoms with Crippen LogP contribution in [0.4, 0.5) is 5.69 Å². The monoisotopic (exact) mass is 503 g/mol. The van der Waals surface area contributed by atoms with Crippen LogP contribution in [0.5, 0.6) is 11.5 Å². The van der Waals surface area contributed by atoms with E-state index in [2.05, 4.69) is 15.6 Å². The summed E-state index contributed by atoms with van der Waals surface area (Å²) in [6.45, 7) is 3.65. The summed E-state index contributed by atoms with van der Waals surface area (Å²) in [6.07, 6.45) is 3.34. The third-order valence-electron chi connectivity index (χ3n) is 6.04. The number of pyridine rings is 1. The Bertz CT molecular complexity index is 1240. The highest BCUT2D eigenvalue weighted by atomic mass is 16.7. The van der Waals surface area contributed by atoms with Crippen molar-refractivity contribution >= 4 is 17.5 Å². The van der Waals surface area contributed by atoms with Gasteiger partial charge in [0.15, 0.2) is 6.29 Å². The zero-order chi connectivity index (χ0) is 25.6. The van der Waals surface area contributed by atoms with Crippen LogP contribution in [0.25, 0.3) is 0 Å². The minimum absolute atomic E-state index is 0.121. The lowest BCUT2D eigenvalue weighted by Gasteiger charge is -2.12. The van der Waals surface area contributed by atoms with E-state index in [0.717, 1.165) is 24.1 Å². The van der Waals surface area contributed by atoms with Crippen LogP contribution in [0.15, 0.2) is 60.8 Å². The van der Waals surface area contributed by atoms with Crippen molar-refractivity contribution in [3.8, 4) is 11.5 Å². The number of hydrogen-bond acceptors (Lipinski definition) is 7. The number of aromatic nitrogens is 1. The Labute approximate surface area is 215 Å². The van der Waals surface area contributed by atoms with Gasteiger partial charge in [-0.2, -0.15) is 0 Å². The van der Waals surface area contributed by atoms with Crippen molar-refractivity contribution < 1.29 is 28.5 Å². The number of ether oxygens (including phenoxy) is 4. The maximum atomic E-state index is 12.8. The highest BCUT2D eigenvalue weighted by Gasteiger charge is 2.24. The minimum atomic E-state index is -0.333. The molecular formula is C28H29N3O6. The fraction of sp³-hybridized carbons (Fsp3) is 0.321. The van der Waals surface area contributed by atoms with Crippen LogP contribution >= 0.6 is 0 Å². The number of rotatable bonds is 10. The van der Waals surface area contributed by atoms with Crippen LogP contribution in [0.1, 0.15) is 44.8 Å². The lowest BCUT2D eigenvalue weighted by molar-refractivity contribution is -0.0684. The van der Waals surface area contributed by atoms with Gasteiger partial charge in [-0.25, -0.2) is 0 Å². The normalized spacial score (nSPS) is 15.3. The molecule has 1 aromatic heterocycles. The first-order valence-electron chi connectivity index (χ1n) is 12.3. The van der Waals surface area contributed by atoms with Gasteiger partial charge in [0.2, 0.25) is 0 Å². The predicted molar refractivity (Wildman–Crippen MR) is 136 cm³/mol. The number of amides is 2. The third-order valence-corrected chi connectivity index (χ3v) is 6.04. The van der Waals surface area contributed by atoms with Crippen molar-refractivity contribution in [1.29, 1.82) is 0 Å². The zero-order valence-electron chi connectivity index (χ0n) is 20.6. The van der Waals surface area contributed by atoms with Crippen molar-refractivity contribution in [3.05, 3.63) is 83.2 Å². The Morgan fingerprint density at radius 2 is 1.65 bits per heavy atom. The van der Waals surface area contributed by atoms with E-state index in [0.29, 0.717) is 48.1 Å². The molecule has 0 radical (unpaired) electrons. The predicted octanol–water partition coefficient (Wildman–Crippen LogP) is 3.87. The van der Waals surface area contributed by atoms with Gasteiger partial charge in [-0.05, 0) is 73.9 Å². The molecule has 1 saturated heterocycles. The van der Waals surface area contributed by atoms with E-state index in [-0.39, 0.29) is 30.8 Å². The molecule has 192 valence electrons. The van der Waals surface area contributed by atoms with Crippen LogP contribution < -0.4 is 20.1 Å². The van der Waals surface area contributed by atoms with Crippen LogP contribution in [-0.4, -0.2) is 49.0 Å². The molecule has 2 aromatic carbocycles. The quantitative estimate of drug-likeness (QED) is 0.433. The van der Waals surface area contributed by atoms with Gasteiger partial charge in [-0.3, -0.25) is 14.6 Å². The summed E-state index contributed by atoms with van der Waals surface area (Å²) in [5, 5.41) is 5.87. The first kappa shape index (κ1) is 24.7. The lowest BCUT2D eigenvalue weighted by atomic mass is 10.1. The van der Waals surface area contributed by atoms with Gasteiger partial charge >= 0.3 is 0 Å². The molecule has 0 bridgehead atoms. The number of carbonyl (C=O) groups is 2. The van der Waals surface area contributed by atoms with Gasteiger partial charge in [0.05, 0.1) is 25.1 Å². The van der Waals surface area contributed by atoms with Crippen LogP contribution in [-0.2, 0) is 16.1 Å². The maximum absolute atomic E-state index is 12.8. The molecule has 3 aromatic rings. The molecule has 2 aliphatic rings. The van der Waals surface area contributed by atoms with E-state index in [1.807, 2.05) is 25.1 Å². The Hall–Kier alpha value is -3.95. The summed E-state index contributed by atoms with van der Waals surface area (Å²) in [5.41, 5.74) is 3.23. The Kier molecular flexibility index (Phi) is 7.62. The summed E-state index contributed by atoms with van der Waals surface area (Å²) >= 11 is 0. The molecule has 2 N–H and O–H groups in total. The molecule has 1 saturated carbocycles. The van der Waals surface area contributed by atoms with Gasteiger partial charge in [-0.1, -0.05) is 6.07 Å². The molecule has 9 nitrogen and oxygen atoms in total. The lowest BCUT2D eigenvalue weighted by Crippen LogP contribution is -2.25. The molecule has 1 aliphatic carbocycles. The van der Waals surface area contributed by atoms with E-state index in [9.17, 15) is 9.59 Å². The number of nitrogens with one attached hydrogen (secondary N) is 2. The fourth-order valence-corrected chi connectivity index (χ4v) is 3.70. The smallest absolute Gasteiger partial charge is 0.255 e. The Balaban J connectivity index is 1.12. The van der Waals surface area contributed by atoms with E-state index in [4.69, 9.17) is 18.9 Å².